The van der Waals surface area contributed by atoms with E-state index in [1.807, 2.05) is 6.07 Å². The molecular formula is C9H8ClFN2. The number of nitrogens with one attached hydrogen (secondary N) is 1. The Balaban J connectivity index is 0.000000845. The summed E-state index contributed by atoms with van der Waals surface area (Å²) < 4.78 is 12.5. The molecule has 0 aliphatic rings. The zero-order valence-electron chi connectivity index (χ0n) is 6.70. The SMILES string of the molecule is Cl.Fc1ccc(-c2ccn[nH]2)cc1. The van der Waals surface area contributed by atoms with Gasteiger partial charge in [0.05, 0.1) is 5.69 Å². The van der Waals surface area contributed by atoms with Gasteiger partial charge in [-0.2, -0.15) is 5.10 Å². The highest BCUT2D eigenvalue weighted by Crippen LogP contribution is 2.15. The lowest BCUT2D eigenvalue weighted by molar-refractivity contribution is 0.628. The van der Waals surface area contributed by atoms with Gasteiger partial charge < -0.3 is 0 Å². The van der Waals surface area contributed by atoms with Gasteiger partial charge in [-0.15, -0.1) is 12.4 Å². The normalized spacial score (nSPS) is 9.31. The molecule has 2 aromatic rings. The van der Waals surface area contributed by atoms with Crippen molar-refractivity contribution in [2.45, 2.75) is 0 Å². The second-order valence-electron chi connectivity index (χ2n) is 2.48. The molecule has 0 atom stereocenters. The smallest absolute Gasteiger partial charge is 0.123 e. The first kappa shape index (κ1) is 9.74. The summed E-state index contributed by atoms with van der Waals surface area (Å²) in [4.78, 5) is 0. The Hall–Kier alpha value is -1.35. The lowest BCUT2D eigenvalue weighted by atomic mass is 10.1. The first-order valence-corrected chi connectivity index (χ1v) is 3.61. The summed E-state index contributed by atoms with van der Waals surface area (Å²) in [6, 6.07) is 8.12. The zero-order chi connectivity index (χ0) is 8.39. The third-order valence-corrected chi connectivity index (χ3v) is 1.66. The van der Waals surface area contributed by atoms with Gasteiger partial charge in [-0.25, -0.2) is 4.39 Å². The van der Waals surface area contributed by atoms with Crippen molar-refractivity contribution < 1.29 is 4.39 Å². The van der Waals surface area contributed by atoms with Gasteiger partial charge in [-0.05, 0) is 35.9 Å². The molecule has 0 spiro atoms. The fraction of sp³-hybridized carbons (Fsp3) is 0. The highest BCUT2D eigenvalue weighted by molar-refractivity contribution is 5.85. The van der Waals surface area contributed by atoms with Crippen LogP contribution in [0.15, 0.2) is 36.5 Å². The number of hydrogen-bond acceptors (Lipinski definition) is 1. The van der Waals surface area contributed by atoms with Crippen molar-refractivity contribution in [3.63, 3.8) is 0 Å². The number of nitrogens with zero attached hydrogens (tertiary/aromatic N) is 1. The van der Waals surface area contributed by atoms with Gasteiger partial charge in [0.15, 0.2) is 0 Å². The van der Waals surface area contributed by atoms with Crippen molar-refractivity contribution in [1.29, 1.82) is 0 Å². The van der Waals surface area contributed by atoms with Crippen LogP contribution in [0.25, 0.3) is 11.3 Å². The monoisotopic (exact) mass is 198 g/mol. The van der Waals surface area contributed by atoms with Crippen LogP contribution in [0, 0.1) is 5.82 Å². The van der Waals surface area contributed by atoms with Crippen LogP contribution in [0.5, 0.6) is 0 Å². The molecule has 4 heteroatoms. The Morgan fingerprint density at radius 2 is 1.77 bits per heavy atom. The van der Waals surface area contributed by atoms with E-state index in [0.29, 0.717) is 0 Å². The highest BCUT2D eigenvalue weighted by Gasteiger charge is 1.97. The molecule has 0 aliphatic heterocycles. The second-order valence-corrected chi connectivity index (χ2v) is 2.48. The van der Waals surface area contributed by atoms with E-state index in [1.165, 1.54) is 12.1 Å². The number of hydrogen-bond donors (Lipinski definition) is 1. The average molecular weight is 199 g/mol. The molecule has 68 valence electrons. The number of halogens is 2. The maximum absolute atomic E-state index is 12.5. The minimum absolute atomic E-state index is 0. The molecule has 0 aliphatic carbocycles. The van der Waals surface area contributed by atoms with Crippen LogP contribution in [0.1, 0.15) is 0 Å². The van der Waals surface area contributed by atoms with Crippen LogP contribution < -0.4 is 0 Å². The quantitative estimate of drug-likeness (QED) is 0.750. The van der Waals surface area contributed by atoms with Crippen molar-refractivity contribution in [3.05, 3.63) is 42.3 Å². The van der Waals surface area contributed by atoms with Crippen molar-refractivity contribution in [3.8, 4) is 11.3 Å². The lowest BCUT2D eigenvalue weighted by Crippen LogP contribution is -1.78. The van der Waals surface area contributed by atoms with Gasteiger partial charge >= 0.3 is 0 Å². The first-order chi connectivity index (χ1) is 5.86. The molecule has 2 nitrogen and oxygen atoms in total. The topological polar surface area (TPSA) is 28.7 Å². The second kappa shape index (κ2) is 4.05. The average Bonchev–Trinajstić information content (AvgIpc) is 2.58. The molecule has 13 heavy (non-hydrogen) atoms. The van der Waals surface area contributed by atoms with E-state index >= 15 is 0 Å². The van der Waals surface area contributed by atoms with Gasteiger partial charge in [-0.3, -0.25) is 5.10 Å². The summed E-state index contributed by atoms with van der Waals surface area (Å²) in [7, 11) is 0. The molecule has 1 aromatic carbocycles. The summed E-state index contributed by atoms with van der Waals surface area (Å²) in [5.74, 6) is -0.224. The number of aromatic nitrogens is 2. The summed E-state index contributed by atoms with van der Waals surface area (Å²) in [5.41, 5.74) is 1.84. The van der Waals surface area contributed by atoms with Crippen LogP contribution in [0.3, 0.4) is 0 Å². The van der Waals surface area contributed by atoms with Crippen molar-refractivity contribution in [2.24, 2.45) is 0 Å². The third kappa shape index (κ3) is 2.06. The number of H-pyrrole nitrogens is 1. The fourth-order valence-corrected chi connectivity index (χ4v) is 1.05. The van der Waals surface area contributed by atoms with Crippen LogP contribution in [-0.2, 0) is 0 Å². The predicted molar refractivity (Wildman–Crippen MR) is 51.2 cm³/mol. The Morgan fingerprint density at radius 1 is 1.08 bits per heavy atom. The summed E-state index contributed by atoms with van der Waals surface area (Å²) in [6.07, 6.45) is 1.67. The van der Waals surface area contributed by atoms with Crippen molar-refractivity contribution >= 4 is 12.4 Å². The molecular weight excluding hydrogens is 191 g/mol. The largest absolute Gasteiger partial charge is 0.278 e. The molecule has 0 bridgehead atoms. The van der Waals surface area contributed by atoms with Gasteiger partial charge in [-0.1, -0.05) is 0 Å². The Bertz CT molecular complexity index is 356. The molecule has 1 heterocycles. The molecule has 0 amide bonds. The summed E-state index contributed by atoms with van der Waals surface area (Å²) in [6.45, 7) is 0. The van der Waals surface area contributed by atoms with E-state index in [2.05, 4.69) is 10.2 Å². The van der Waals surface area contributed by atoms with Crippen LogP contribution in [0.4, 0.5) is 4.39 Å². The molecule has 2 rings (SSSR count). The standard InChI is InChI=1S/C9H7FN2.ClH/c10-8-3-1-7(2-4-8)9-5-6-11-12-9;/h1-6H,(H,11,12);1H. The van der Waals surface area contributed by atoms with E-state index in [-0.39, 0.29) is 18.2 Å². The van der Waals surface area contributed by atoms with E-state index in [1.54, 1.807) is 18.3 Å². The molecule has 1 N–H and O–H groups in total. The van der Waals surface area contributed by atoms with E-state index in [9.17, 15) is 4.39 Å². The maximum atomic E-state index is 12.5. The van der Waals surface area contributed by atoms with E-state index in [4.69, 9.17) is 0 Å². The van der Waals surface area contributed by atoms with Gasteiger partial charge in [0.1, 0.15) is 5.82 Å². The molecule has 0 saturated heterocycles. The summed E-state index contributed by atoms with van der Waals surface area (Å²) in [5, 5.41) is 6.60. The maximum Gasteiger partial charge on any atom is 0.123 e. The van der Waals surface area contributed by atoms with Crippen molar-refractivity contribution in [2.75, 3.05) is 0 Å². The zero-order valence-corrected chi connectivity index (χ0v) is 7.51. The van der Waals surface area contributed by atoms with Crippen LogP contribution >= 0.6 is 12.4 Å². The first-order valence-electron chi connectivity index (χ1n) is 3.61. The molecule has 0 fully saturated rings. The fourth-order valence-electron chi connectivity index (χ4n) is 1.05. The molecule has 1 aromatic heterocycles. The highest BCUT2D eigenvalue weighted by atomic mass is 35.5. The van der Waals surface area contributed by atoms with Gasteiger partial charge in [0.2, 0.25) is 0 Å². The minimum Gasteiger partial charge on any atom is -0.278 e. The number of benzene rings is 1. The Labute approximate surface area is 81.2 Å². The van der Waals surface area contributed by atoms with E-state index < -0.39 is 0 Å². The van der Waals surface area contributed by atoms with Crippen LogP contribution in [0.2, 0.25) is 0 Å². The summed E-state index contributed by atoms with van der Waals surface area (Å²) >= 11 is 0. The molecule has 0 unspecified atom stereocenters. The Kier molecular flexibility index (Phi) is 3.03. The van der Waals surface area contributed by atoms with Gasteiger partial charge in [0.25, 0.3) is 0 Å². The van der Waals surface area contributed by atoms with Crippen LogP contribution in [-0.4, -0.2) is 10.2 Å². The number of rotatable bonds is 1. The lowest BCUT2D eigenvalue weighted by Gasteiger charge is -1.95. The molecule has 0 radical (unpaired) electrons. The predicted octanol–water partition coefficient (Wildman–Crippen LogP) is 2.64. The third-order valence-electron chi connectivity index (χ3n) is 1.66. The Morgan fingerprint density at radius 3 is 2.31 bits per heavy atom. The minimum atomic E-state index is -0.224. The molecule has 0 saturated carbocycles. The van der Waals surface area contributed by atoms with E-state index in [0.717, 1.165) is 11.3 Å². The number of aromatic amines is 1. The van der Waals surface area contributed by atoms with Gasteiger partial charge in [0, 0.05) is 6.20 Å². The van der Waals surface area contributed by atoms with Crippen molar-refractivity contribution in [1.82, 2.24) is 10.2 Å².